The Balaban J connectivity index is 1.48. The smallest absolute Gasteiger partial charge is 0.222 e. The van der Waals surface area contributed by atoms with Gasteiger partial charge in [-0.05, 0) is 48.3 Å². The van der Waals surface area contributed by atoms with E-state index in [2.05, 4.69) is 45.6 Å². The number of methoxy groups -OCH3 is 1. The molecular weight excluding hydrogens is 388 g/mol. The molecule has 0 bridgehead atoms. The zero-order chi connectivity index (χ0) is 21.8. The van der Waals surface area contributed by atoms with E-state index in [1.165, 1.54) is 37.7 Å². The van der Waals surface area contributed by atoms with E-state index in [9.17, 15) is 4.79 Å². The molecule has 1 saturated carbocycles. The van der Waals surface area contributed by atoms with Crippen LogP contribution in [0.4, 0.5) is 0 Å². The largest absolute Gasteiger partial charge is 0.497 e. The molecule has 1 aliphatic carbocycles. The summed E-state index contributed by atoms with van der Waals surface area (Å²) in [6.45, 7) is 7.03. The van der Waals surface area contributed by atoms with E-state index in [0.717, 1.165) is 37.6 Å². The van der Waals surface area contributed by atoms with Crippen molar-refractivity contribution in [2.45, 2.75) is 71.3 Å². The number of carbonyl (C=O) groups is 1. The second kappa shape index (κ2) is 9.41. The van der Waals surface area contributed by atoms with Crippen molar-refractivity contribution < 1.29 is 9.53 Å². The molecule has 31 heavy (non-hydrogen) atoms. The van der Waals surface area contributed by atoms with Gasteiger partial charge in [-0.15, -0.1) is 10.2 Å². The third-order valence-electron chi connectivity index (χ3n) is 7.16. The van der Waals surface area contributed by atoms with Gasteiger partial charge in [0.05, 0.1) is 7.11 Å². The minimum absolute atomic E-state index is 0.162. The molecule has 2 aliphatic rings. The summed E-state index contributed by atoms with van der Waals surface area (Å²) in [6, 6.07) is 8.03. The number of carbonyl (C=O) groups excluding carboxylic acids is 1. The molecule has 0 radical (unpaired) electrons. The molecule has 2 aromatic rings. The maximum absolute atomic E-state index is 13.2. The van der Waals surface area contributed by atoms with E-state index in [1.807, 2.05) is 18.5 Å². The standard InChI is InChI=1S/C25H36N4O2/c1-19(2)15-29-18-26-27-24(29)22-16-28(17-25(22)13-5-4-6-14-25)23(30)12-9-20-7-10-21(31-3)11-8-20/h7-8,10-11,18-19,22H,4-6,9,12-17H2,1-3H3. The van der Waals surface area contributed by atoms with Crippen LogP contribution in [0, 0.1) is 11.3 Å². The van der Waals surface area contributed by atoms with E-state index in [-0.39, 0.29) is 11.3 Å². The molecule has 4 rings (SSSR count). The molecule has 1 saturated heterocycles. The Labute approximate surface area is 186 Å². The Hall–Kier alpha value is -2.37. The van der Waals surface area contributed by atoms with Gasteiger partial charge in [0.15, 0.2) is 0 Å². The molecule has 1 unspecified atom stereocenters. The SMILES string of the molecule is COc1ccc(CCC(=O)N2CC(c3nncn3CC(C)C)C3(CCCCC3)C2)cc1. The van der Waals surface area contributed by atoms with Crippen molar-refractivity contribution >= 4 is 5.91 Å². The monoisotopic (exact) mass is 424 g/mol. The van der Waals surface area contributed by atoms with Crippen LogP contribution in [0.1, 0.15) is 69.7 Å². The molecule has 0 N–H and O–H groups in total. The number of aryl methyl sites for hydroxylation is 1. The first kappa shape index (κ1) is 21.8. The molecule has 1 atom stereocenters. The summed E-state index contributed by atoms with van der Waals surface area (Å²) in [5, 5.41) is 8.82. The van der Waals surface area contributed by atoms with Crippen LogP contribution in [0.5, 0.6) is 5.75 Å². The lowest BCUT2D eigenvalue weighted by Crippen LogP contribution is -2.34. The number of benzene rings is 1. The Morgan fingerprint density at radius 3 is 2.61 bits per heavy atom. The van der Waals surface area contributed by atoms with Crippen LogP contribution in [0.3, 0.4) is 0 Å². The fourth-order valence-corrected chi connectivity index (χ4v) is 5.55. The highest BCUT2D eigenvalue weighted by Gasteiger charge is 2.50. The average molecular weight is 425 g/mol. The lowest BCUT2D eigenvalue weighted by molar-refractivity contribution is -0.130. The molecule has 1 aliphatic heterocycles. The predicted octanol–water partition coefficient (Wildman–Crippen LogP) is 4.45. The number of ether oxygens (including phenoxy) is 1. The Morgan fingerprint density at radius 2 is 1.94 bits per heavy atom. The zero-order valence-corrected chi connectivity index (χ0v) is 19.2. The lowest BCUT2D eigenvalue weighted by Gasteiger charge is -2.37. The van der Waals surface area contributed by atoms with Gasteiger partial charge in [0.2, 0.25) is 5.91 Å². The number of nitrogens with zero attached hydrogens (tertiary/aromatic N) is 4. The van der Waals surface area contributed by atoms with Crippen LogP contribution in [0.15, 0.2) is 30.6 Å². The summed E-state index contributed by atoms with van der Waals surface area (Å²) in [5.41, 5.74) is 1.34. The highest BCUT2D eigenvalue weighted by molar-refractivity contribution is 5.77. The lowest BCUT2D eigenvalue weighted by atomic mass is 9.67. The summed E-state index contributed by atoms with van der Waals surface area (Å²) in [6.07, 6.45) is 9.38. The van der Waals surface area contributed by atoms with Crippen molar-refractivity contribution in [1.82, 2.24) is 19.7 Å². The number of rotatable bonds is 7. The van der Waals surface area contributed by atoms with Crippen molar-refractivity contribution in [3.05, 3.63) is 42.0 Å². The normalized spacial score (nSPS) is 20.5. The highest BCUT2D eigenvalue weighted by atomic mass is 16.5. The molecule has 2 heterocycles. The van der Waals surface area contributed by atoms with Gasteiger partial charge in [-0.3, -0.25) is 4.79 Å². The van der Waals surface area contributed by atoms with Gasteiger partial charge in [-0.2, -0.15) is 0 Å². The van der Waals surface area contributed by atoms with E-state index in [0.29, 0.717) is 18.3 Å². The maximum Gasteiger partial charge on any atom is 0.222 e. The summed E-state index contributed by atoms with van der Waals surface area (Å²) < 4.78 is 7.47. The van der Waals surface area contributed by atoms with Crippen LogP contribution >= 0.6 is 0 Å². The minimum Gasteiger partial charge on any atom is -0.497 e. The number of amides is 1. The van der Waals surface area contributed by atoms with Gasteiger partial charge in [-0.25, -0.2) is 0 Å². The van der Waals surface area contributed by atoms with Crippen molar-refractivity contribution in [2.24, 2.45) is 11.3 Å². The number of hydrogen-bond donors (Lipinski definition) is 0. The molecule has 6 heteroatoms. The molecule has 1 amide bonds. The third-order valence-corrected chi connectivity index (χ3v) is 7.16. The van der Waals surface area contributed by atoms with Gasteiger partial charge in [0.1, 0.15) is 17.9 Å². The van der Waals surface area contributed by atoms with Gasteiger partial charge in [0.25, 0.3) is 0 Å². The Kier molecular flexibility index (Phi) is 6.63. The summed E-state index contributed by atoms with van der Waals surface area (Å²) in [7, 11) is 1.67. The van der Waals surface area contributed by atoms with Crippen LogP contribution < -0.4 is 4.74 Å². The van der Waals surface area contributed by atoms with Crippen molar-refractivity contribution in [1.29, 1.82) is 0 Å². The van der Waals surface area contributed by atoms with Crippen LogP contribution in [0.2, 0.25) is 0 Å². The fraction of sp³-hybridized carbons (Fsp3) is 0.640. The van der Waals surface area contributed by atoms with E-state index in [4.69, 9.17) is 4.74 Å². The molecule has 168 valence electrons. The van der Waals surface area contributed by atoms with Crippen LogP contribution in [0.25, 0.3) is 0 Å². The van der Waals surface area contributed by atoms with E-state index >= 15 is 0 Å². The fourth-order valence-electron chi connectivity index (χ4n) is 5.55. The first-order valence-electron chi connectivity index (χ1n) is 11.8. The second-order valence-electron chi connectivity index (χ2n) is 9.83. The minimum atomic E-state index is 0.162. The maximum atomic E-state index is 13.2. The van der Waals surface area contributed by atoms with Gasteiger partial charge >= 0.3 is 0 Å². The number of hydrogen-bond acceptors (Lipinski definition) is 4. The molecule has 6 nitrogen and oxygen atoms in total. The topological polar surface area (TPSA) is 60.2 Å². The van der Waals surface area contributed by atoms with Gasteiger partial charge in [0, 0.05) is 32.0 Å². The zero-order valence-electron chi connectivity index (χ0n) is 19.2. The highest BCUT2D eigenvalue weighted by Crippen LogP contribution is 2.51. The number of aromatic nitrogens is 3. The van der Waals surface area contributed by atoms with Crippen molar-refractivity contribution in [2.75, 3.05) is 20.2 Å². The predicted molar refractivity (Wildman–Crippen MR) is 121 cm³/mol. The Bertz CT molecular complexity index is 868. The van der Waals surface area contributed by atoms with Crippen molar-refractivity contribution in [3.8, 4) is 5.75 Å². The third kappa shape index (κ3) is 4.78. The van der Waals surface area contributed by atoms with Crippen LogP contribution in [-0.4, -0.2) is 45.8 Å². The Morgan fingerprint density at radius 1 is 1.19 bits per heavy atom. The van der Waals surface area contributed by atoms with Crippen LogP contribution in [-0.2, 0) is 17.8 Å². The average Bonchev–Trinajstić information content (AvgIpc) is 3.37. The quantitative estimate of drug-likeness (QED) is 0.659. The van der Waals surface area contributed by atoms with Crippen molar-refractivity contribution in [3.63, 3.8) is 0 Å². The molecule has 2 fully saturated rings. The summed E-state index contributed by atoms with van der Waals surface area (Å²) in [5.74, 6) is 3.03. The second-order valence-corrected chi connectivity index (χ2v) is 9.83. The molecule has 1 aromatic carbocycles. The first-order chi connectivity index (χ1) is 15.0. The van der Waals surface area contributed by atoms with E-state index in [1.54, 1.807) is 7.11 Å². The first-order valence-corrected chi connectivity index (χ1v) is 11.8. The summed E-state index contributed by atoms with van der Waals surface area (Å²) >= 11 is 0. The molecule has 1 aromatic heterocycles. The molecule has 1 spiro atoms. The van der Waals surface area contributed by atoms with Gasteiger partial charge < -0.3 is 14.2 Å². The van der Waals surface area contributed by atoms with E-state index < -0.39 is 0 Å². The summed E-state index contributed by atoms with van der Waals surface area (Å²) in [4.78, 5) is 15.3. The van der Waals surface area contributed by atoms with Gasteiger partial charge in [-0.1, -0.05) is 45.2 Å². The molecular formula is C25H36N4O2. The number of likely N-dealkylation sites (tertiary alicyclic amines) is 1.